The fourth-order valence-electron chi connectivity index (χ4n) is 3.05. The molecular weight excluding hydrogens is 395 g/mol. The summed E-state index contributed by atoms with van der Waals surface area (Å²) >= 11 is 5.72. The van der Waals surface area contributed by atoms with Crippen molar-refractivity contribution in [2.75, 3.05) is 31.1 Å². The lowest BCUT2D eigenvalue weighted by atomic mass is 10.2. The molecule has 1 aliphatic rings. The van der Waals surface area contributed by atoms with Gasteiger partial charge in [0.15, 0.2) is 5.69 Å². The van der Waals surface area contributed by atoms with E-state index in [0.717, 1.165) is 10.4 Å². The summed E-state index contributed by atoms with van der Waals surface area (Å²) in [6.07, 6.45) is -4.66. The Kier molecular flexibility index (Phi) is 5.52. The predicted molar refractivity (Wildman–Crippen MR) is 96.9 cm³/mol. The van der Waals surface area contributed by atoms with Crippen LogP contribution in [0.1, 0.15) is 17.0 Å². The molecule has 0 bridgehead atoms. The summed E-state index contributed by atoms with van der Waals surface area (Å²) in [7, 11) is 0. The summed E-state index contributed by atoms with van der Waals surface area (Å²) in [6.45, 7) is 3.17. The molecule has 2 aromatic rings. The molecule has 0 unspecified atom stereocenters. The average molecular weight is 412 g/mol. The number of hydrogen-bond donors (Lipinski definition) is 0. The van der Waals surface area contributed by atoms with Crippen LogP contribution in [0.5, 0.6) is 0 Å². The van der Waals surface area contributed by atoms with Crippen molar-refractivity contribution in [2.24, 2.45) is 0 Å². The number of rotatable bonds is 3. The van der Waals surface area contributed by atoms with E-state index in [4.69, 9.17) is 16.9 Å². The number of carbonyl (C=O) groups excluding carboxylic acids is 1. The Morgan fingerprint density at radius 2 is 1.82 bits per heavy atom. The first-order chi connectivity index (χ1) is 13.2. The first-order valence-electron chi connectivity index (χ1n) is 8.53. The lowest BCUT2D eigenvalue weighted by molar-refractivity contribution is -0.142. The van der Waals surface area contributed by atoms with E-state index in [9.17, 15) is 18.0 Å². The fourth-order valence-corrected chi connectivity index (χ4v) is 3.29. The van der Waals surface area contributed by atoms with Gasteiger partial charge in [-0.2, -0.15) is 23.5 Å². The second-order valence-corrected chi connectivity index (χ2v) is 6.81. The van der Waals surface area contributed by atoms with Crippen molar-refractivity contribution in [1.29, 1.82) is 5.26 Å². The first-order valence-corrected chi connectivity index (χ1v) is 8.91. The number of anilines is 1. The Morgan fingerprint density at radius 1 is 1.21 bits per heavy atom. The van der Waals surface area contributed by atoms with Crippen molar-refractivity contribution >= 4 is 23.2 Å². The number of hydrogen-bond acceptors (Lipinski definition) is 4. The van der Waals surface area contributed by atoms with E-state index in [-0.39, 0.29) is 18.1 Å². The highest BCUT2D eigenvalue weighted by molar-refractivity contribution is 6.32. The third-order valence-electron chi connectivity index (χ3n) is 4.68. The Balaban J connectivity index is 1.62. The predicted octanol–water partition coefficient (Wildman–Crippen LogP) is 3.08. The maximum Gasteiger partial charge on any atom is 0.436 e. The molecule has 1 aliphatic heterocycles. The molecule has 1 aromatic carbocycles. The van der Waals surface area contributed by atoms with Crippen LogP contribution in [0.3, 0.4) is 0 Å². The van der Waals surface area contributed by atoms with Crippen molar-refractivity contribution in [2.45, 2.75) is 19.6 Å². The van der Waals surface area contributed by atoms with Gasteiger partial charge in [0.1, 0.15) is 6.54 Å². The van der Waals surface area contributed by atoms with Gasteiger partial charge in [0, 0.05) is 31.9 Å². The minimum atomic E-state index is -4.66. The molecule has 1 aromatic heterocycles. The number of amides is 1. The number of nitrogens with zero attached hydrogens (tertiary/aromatic N) is 5. The number of halogens is 4. The summed E-state index contributed by atoms with van der Waals surface area (Å²) in [6, 6.07) is 9.23. The SMILES string of the molecule is Cc1c(Cl)c(C(F)(F)F)nn1CC(=O)N1CCN(c2ccc(C#N)cc2)CC1. The highest BCUT2D eigenvalue weighted by atomic mass is 35.5. The third kappa shape index (κ3) is 4.07. The molecule has 0 saturated carbocycles. The maximum atomic E-state index is 12.9. The highest BCUT2D eigenvalue weighted by Gasteiger charge is 2.38. The molecule has 0 radical (unpaired) electrons. The van der Waals surface area contributed by atoms with Crippen LogP contribution in [-0.4, -0.2) is 46.8 Å². The number of carbonyl (C=O) groups is 1. The van der Waals surface area contributed by atoms with Crippen LogP contribution in [0.15, 0.2) is 24.3 Å². The third-order valence-corrected chi connectivity index (χ3v) is 5.13. The van der Waals surface area contributed by atoms with E-state index in [2.05, 4.69) is 16.1 Å². The van der Waals surface area contributed by atoms with Gasteiger partial charge in [-0.1, -0.05) is 11.6 Å². The van der Waals surface area contributed by atoms with Gasteiger partial charge in [-0.05, 0) is 31.2 Å². The van der Waals surface area contributed by atoms with Crippen molar-refractivity contribution < 1.29 is 18.0 Å². The van der Waals surface area contributed by atoms with Gasteiger partial charge in [0.05, 0.1) is 22.3 Å². The highest BCUT2D eigenvalue weighted by Crippen LogP contribution is 2.35. The largest absolute Gasteiger partial charge is 0.436 e. The molecule has 6 nitrogen and oxygen atoms in total. The van der Waals surface area contributed by atoms with E-state index in [1.54, 1.807) is 17.0 Å². The van der Waals surface area contributed by atoms with Crippen LogP contribution in [0.4, 0.5) is 18.9 Å². The van der Waals surface area contributed by atoms with Gasteiger partial charge in [-0.15, -0.1) is 0 Å². The average Bonchev–Trinajstić information content (AvgIpc) is 2.97. The van der Waals surface area contributed by atoms with E-state index in [1.807, 2.05) is 12.1 Å². The smallest absolute Gasteiger partial charge is 0.368 e. The standard InChI is InChI=1S/C18H17ClF3N5O/c1-12-16(19)17(18(20,21)22)24-27(12)11-15(28)26-8-6-25(7-9-26)14-4-2-13(10-23)3-5-14/h2-5H,6-9,11H2,1H3. The van der Waals surface area contributed by atoms with Gasteiger partial charge < -0.3 is 9.80 Å². The molecule has 2 heterocycles. The number of benzene rings is 1. The summed E-state index contributed by atoms with van der Waals surface area (Å²) in [5, 5.41) is 11.8. The van der Waals surface area contributed by atoms with E-state index in [0.29, 0.717) is 31.7 Å². The minimum Gasteiger partial charge on any atom is -0.368 e. The molecule has 0 N–H and O–H groups in total. The molecule has 0 atom stereocenters. The lowest BCUT2D eigenvalue weighted by Gasteiger charge is -2.36. The van der Waals surface area contributed by atoms with E-state index >= 15 is 0 Å². The number of alkyl halides is 3. The molecule has 148 valence electrons. The molecule has 1 amide bonds. The van der Waals surface area contributed by atoms with Crippen LogP contribution in [0.2, 0.25) is 5.02 Å². The zero-order valence-electron chi connectivity index (χ0n) is 15.0. The van der Waals surface area contributed by atoms with Gasteiger partial charge >= 0.3 is 6.18 Å². The molecule has 0 aliphatic carbocycles. The number of piperazine rings is 1. The van der Waals surface area contributed by atoms with Gasteiger partial charge in [-0.3, -0.25) is 9.48 Å². The maximum absolute atomic E-state index is 12.9. The molecule has 28 heavy (non-hydrogen) atoms. The van der Waals surface area contributed by atoms with Crippen molar-refractivity contribution in [3.63, 3.8) is 0 Å². The Labute approximate surface area is 164 Å². The number of nitriles is 1. The first kappa shape index (κ1) is 20.0. The van der Waals surface area contributed by atoms with Gasteiger partial charge in [0.2, 0.25) is 5.91 Å². The summed E-state index contributed by atoms with van der Waals surface area (Å²) in [5.41, 5.74) is 0.461. The van der Waals surface area contributed by atoms with E-state index in [1.165, 1.54) is 6.92 Å². The lowest BCUT2D eigenvalue weighted by Crippen LogP contribution is -2.49. The van der Waals surface area contributed by atoms with Crippen LogP contribution in [0, 0.1) is 18.3 Å². The summed E-state index contributed by atoms with van der Waals surface area (Å²) in [4.78, 5) is 16.2. The quantitative estimate of drug-likeness (QED) is 0.778. The van der Waals surface area contributed by atoms with Crippen LogP contribution >= 0.6 is 11.6 Å². The second-order valence-electron chi connectivity index (χ2n) is 6.43. The minimum absolute atomic E-state index is 0.110. The molecular formula is C18H17ClF3N5O. The van der Waals surface area contributed by atoms with E-state index < -0.39 is 16.9 Å². The Bertz CT molecular complexity index is 909. The fraction of sp³-hybridized carbons (Fsp3) is 0.389. The Morgan fingerprint density at radius 3 is 2.32 bits per heavy atom. The number of aromatic nitrogens is 2. The summed E-state index contributed by atoms with van der Waals surface area (Å²) < 4.78 is 39.7. The normalized spacial score (nSPS) is 14.9. The second kappa shape index (κ2) is 7.72. The van der Waals surface area contributed by atoms with Crippen LogP contribution < -0.4 is 4.90 Å². The topological polar surface area (TPSA) is 65.2 Å². The Hall–Kier alpha value is -2.73. The van der Waals surface area contributed by atoms with Gasteiger partial charge in [0.25, 0.3) is 0 Å². The van der Waals surface area contributed by atoms with Crippen LogP contribution in [0.25, 0.3) is 0 Å². The van der Waals surface area contributed by atoms with Gasteiger partial charge in [-0.25, -0.2) is 0 Å². The van der Waals surface area contributed by atoms with Crippen molar-refractivity contribution in [3.05, 3.63) is 46.2 Å². The molecule has 3 rings (SSSR count). The van der Waals surface area contributed by atoms with Crippen molar-refractivity contribution in [1.82, 2.24) is 14.7 Å². The molecule has 0 spiro atoms. The molecule has 10 heteroatoms. The van der Waals surface area contributed by atoms with Crippen LogP contribution in [-0.2, 0) is 17.5 Å². The molecule has 1 fully saturated rings. The molecule has 1 saturated heterocycles. The zero-order chi connectivity index (χ0) is 20.5. The van der Waals surface area contributed by atoms with Crippen molar-refractivity contribution in [3.8, 4) is 6.07 Å². The monoisotopic (exact) mass is 411 g/mol. The zero-order valence-corrected chi connectivity index (χ0v) is 15.8. The summed E-state index contributed by atoms with van der Waals surface area (Å²) in [5.74, 6) is -0.310.